The molecule has 0 amide bonds. The average molecular weight is 454 g/mol. The van der Waals surface area contributed by atoms with Gasteiger partial charge in [-0.3, -0.25) is 4.98 Å². The SMILES string of the molecule is CN(C)CCOc1ccc(-c2cc(-c3ccncc3)c(-c3ccc4c(c3)CC/C4=N\O)o2)cc1. The summed E-state index contributed by atoms with van der Waals surface area (Å²) in [6, 6.07) is 20.3. The number of benzene rings is 2. The Hall–Kier alpha value is -3.90. The first-order valence-corrected chi connectivity index (χ1v) is 11.4. The van der Waals surface area contributed by atoms with E-state index in [0.717, 1.165) is 70.2 Å². The number of nitrogens with zero attached hydrogens (tertiary/aromatic N) is 3. The van der Waals surface area contributed by atoms with Gasteiger partial charge in [0.1, 0.15) is 23.9 Å². The van der Waals surface area contributed by atoms with Crippen LogP contribution in [0.3, 0.4) is 0 Å². The highest BCUT2D eigenvalue weighted by Gasteiger charge is 2.22. The third-order valence-electron chi connectivity index (χ3n) is 6.10. The van der Waals surface area contributed by atoms with Gasteiger partial charge in [-0.15, -0.1) is 0 Å². The van der Waals surface area contributed by atoms with Crippen molar-refractivity contribution in [2.24, 2.45) is 5.16 Å². The lowest BCUT2D eigenvalue weighted by Crippen LogP contribution is -2.19. The average Bonchev–Trinajstić information content (AvgIpc) is 3.49. The zero-order valence-corrected chi connectivity index (χ0v) is 19.4. The van der Waals surface area contributed by atoms with Gasteiger partial charge >= 0.3 is 0 Å². The molecule has 1 aliphatic rings. The van der Waals surface area contributed by atoms with Crippen LogP contribution in [-0.2, 0) is 6.42 Å². The number of fused-ring (bicyclic) bond motifs is 1. The summed E-state index contributed by atoms with van der Waals surface area (Å²) in [5.41, 5.74) is 6.96. The number of oxime groups is 1. The molecule has 0 saturated carbocycles. The van der Waals surface area contributed by atoms with Crippen LogP contribution < -0.4 is 4.74 Å². The number of hydrogen-bond acceptors (Lipinski definition) is 6. The van der Waals surface area contributed by atoms with E-state index in [1.807, 2.05) is 62.6 Å². The predicted octanol–water partition coefficient (Wildman–Crippen LogP) is 5.74. The molecule has 2 heterocycles. The van der Waals surface area contributed by atoms with E-state index in [4.69, 9.17) is 9.15 Å². The fourth-order valence-electron chi connectivity index (χ4n) is 4.27. The highest BCUT2D eigenvalue weighted by Crippen LogP contribution is 2.40. The Morgan fingerprint density at radius 3 is 2.41 bits per heavy atom. The quantitative estimate of drug-likeness (QED) is 0.285. The Labute approximate surface area is 199 Å². The number of aryl methyl sites for hydroxylation is 1. The van der Waals surface area contributed by atoms with Crippen molar-refractivity contribution in [3.8, 4) is 39.5 Å². The number of likely N-dealkylation sites (N-methyl/N-ethyl adjacent to an activating group) is 1. The Morgan fingerprint density at radius 1 is 0.912 bits per heavy atom. The molecule has 0 spiro atoms. The van der Waals surface area contributed by atoms with Crippen LogP contribution in [0.2, 0.25) is 0 Å². The van der Waals surface area contributed by atoms with Crippen LogP contribution in [0.15, 0.2) is 82.6 Å². The normalized spacial score (nSPS) is 14.0. The van der Waals surface area contributed by atoms with Gasteiger partial charge in [-0.25, -0.2) is 0 Å². The lowest BCUT2D eigenvalue weighted by Gasteiger charge is -2.11. The maximum Gasteiger partial charge on any atom is 0.142 e. The molecule has 4 aromatic rings. The van der Waals surface area contributed by atoms with Gasteiger partial charge in [-0.1, -0.05) is 17.3 Å². The van der Waals surface area contributed by atoms with E-state index in [2.05, 4.69) is 27.2 Å². The second kappa shape index (κ2) is 9.53. The molecule has 0 aliphatic heterocycles. The minimum absolute atomic E-state index is 0.643. The summed E-state index contributed by atoms with van der Waals surface area (Å²) >= 11 is 0. The van der Waals surface area contributed by atoms with Crippen LogP contribution in [0.1, 0.15) is 17.5 Å². The fraction of sp³-hybridized carbons (Fsp3) is 0.214. The summed E-state index contributed by atoms with van der Waals surface area (Å²) in [6.07, 6.45) is 5.19. The van der Waals surface area contributed by atoms with Crippen molar-refractivity contribution >= 4 is 5.71 Å². The summed E-state index contributed by atoms with van der Waals surface area (Å²) in [5.74, 6) is 2.44. The van der Waals surface area contributed by atoms with Crippen molar-refractivity contribution in [1.82, 2.24) is 9.88 Å². The number of aromatic nitrogens is 1. The molecule has 0 unspecified atom stereocenters. The third-order valence-corrected chi connectivity index (χ3v) is 6.10. The van der Waals surface area contributed by atoms with Crippen LogP contribution >= 0.6 is 0 Å². The van der Waals surface area contributed by atoms with Crippen molar-refractivity contribution in [2.45, 2.75) is 12.8 Å². The maximum atomic E-state index is 9.27. The van der Waals surface area contributed by atoms with Crippen LogP contribution in [0.4, 0.5) is 0 Å². The highest BCUT2D eigenvalue weighted by atomic mass is 16.5. The number of rotatable bonds is 7. The van der Waals surface area contributed by atoms with Crippen molar-refractivity contribution in [1.29, 1.82) is 0 Å². The largest absolute Gasteiger partial charge is 0.492 e. The molecule has 172 valence electrons. The van der Waals surface area contributed by atoms with Gasteiger partial charge in [0.05, 0.1) is 5.71 Å². The van der Waals surface area contributed by atoms with Gasteiger partial charge in [-0.05, 0) is 86.6 Å². The van der Waals surface area contributed by atoms with Gasteiger partial charge in [0.2, 0.25) is 0 Å². The monoisotopic (exact) mass is 453 g/mol. The van der Waals surface area contributed by atoms with Crippen LogP contribution in [0, 0.1) is 0 Å². The van der Waals surface area contributed by atoms with E-state index in [9.17, 15) is 5.21 Å². The molecule has 0 atom stereocenters. The topological polar surface area (TPSA) is 71.1 Å². The summed E-state index contributed by atoms with van der Waals surface area (Å²) in [5, 5.41) is 12.7. The van der Waals surface area contributed by atoms with Gasteiger partial charge in [-0.2, -0.15) is 0 Å². The van der Waals surface area contributed by atoms with Gasteiger partial charge < -0.3 is 19.3 Å². The number of pyridine rings is 1. The molecule has 1 aliphatic carbocycles. The standard InChI is InChI=1S/C28H27N3O3/c1-31(2)15-16-33-23-7-3-20(4-8-23)27-18-25(19-11-13-29-14-12-19)28(34-27)22-5-9-24-21(17-22)6-10-26(24)30-32/h3-5,7-9,11-14,17-18,32H,6,10,15-16H2,1-2H3/b30-26+. The van der Waals surface area contributed by atoms with Crippen molar-refractivity contribution in [3.05, 3.63) is 84.2 Å². The molecular weight excluding hydrogens is 426 g/mol. The summed E-state index contributed by atoms with van der Waals surface area (Å²) in [4.78, 5) is 6.26. The first-order valence-electron chi connectivity index (χ1n) is 11.4. The molecule has 2 aromatic heterocycles. The molecule has 1 N–H and O–H groups in total. The van der Waals surface area contributed by atoms with Gasteiger partial charge in [0.15, 0.2) is 0 Å². The third kappa shape index (κ3) is 4.45. The Balaban J connectivity index is 1.50. The van der Waals surface area contributed by atoms with Crippen molar-refractivity contribution in [2.75, 3.05) is 27.2 Å². The molecule has 6 heteroatoms. The second-order valence-electron chi connectivity index (χ2n) is 8.68. The van der Waals surface area contributed by atoms with E-state index >= 15 is 0 Å². The summed E-state index contributed by atoms with van der Waals surface area (Å²) in [7, 11) is 4.06. The first kappa shape index (κ1) is 21.9. The Bertz CT molecular complexity index is 1310. The minimum Gasteiger partial charge on any atom is -0.492 e. The fourth-order valence-corrected chi connectivity index (χ4v) is 4.27. The van der Waals surface area contributed by atoms with Crippen molar-refractivity contribution in [3.63, 3.8) is 0 Å². The molecule has 2 aromatic carbocycles. The zero-order valence-electron chi connectivity index (χ0n) is 19.4. The number of hydrogen-bond donors (Lipinski definition) is 1. The Kier molecular flexibility index (Phi) is 6.14. The van der Waals surface area contributed by atoms with Crippen LogP contribution in [0.25, 0.3) is 33.8 Å². The molecule has 6 nitrogen and oxygen atoms in total. The van der Waals surface area contributed by atoms with Gasteiger partial charge in [0, 0.05) is 41.2 Å². The predicted molar refractivity (Wildman–Crippen MR) is 134 cm³/mol. The molecule has 0 saturated heterocycles. The molecule has 0 bridgehead atoms. The van der Waals surface area contributed by atoms with E-state index in [-0.39, 0.29) is 0 Å². The van der Waals surface area contributed by atoms with Gasteiger partial charge in [0.25, 0.3) is 0 Å². The summed E-state index contributed by atoms with van der Waals surface area (Å²) < 4.78 is 12.3. The molecule has 0 fully saturated rings. The lowest BCUT2D eigenvalue weighted by atomic mass is 9.99. The molecule has 0 radical (unpaired) electrons. The van der Waals surface area contributed by atoms with E-state index in [1.165, 1.54) is 5.56 Å². The van der Waals surface area contributed by atoms with E-state index in [0.29, 0.717) is 6.61 Å². The second-order valence-corrected chi connectivity index (χ2v) is 8.68. The Morgan fingerprint density at radius 2 is 1.68 bits per heavy atom. The number of furan rings is 1. The first-order chi connectivity index (χ1) is 16.6. The van der Waals surface area contributed by atoms with E-state index in [1.54, 1.807) is 12.4 Å². The lowest BCUT2D eigenvalue weighted by molar-refractivity contribution is 0.261. The smallest absolute Gasteiger partial charge is 0.142 e. The summed E-state index contributed by atoms with van der Waals surface area (Å²) in [6.45, 7) is 1.51. The molecule has 5 rings (SSSR count). The number of ether oxygens (including phenoxy) is 1. The van der Waals surface area contributed by atoms with Crippen LogP contribution in [0.5, 0.6) is 5.75 Å². The van der Waals surface area contributed by atoms with Crippen LogP contribution in [-0.4, -0.2) is 48.0 Å². The van der Waals surface area contributed by atoms with E-state index < -0.39 is 0 Å². The minimum atomic E-state index is 0.643. The highest BCUT2D eigenvalue weighted by molar-refractivity contribution is 6.04. The molecule has 34 heavy (non-hydrogen) atoms. The zero-order chi connectivity index (χ0) is 23.5. The maximum absolute atomic E-state index is 9.27. The molecular formula is C28H27N3O3. The van der Waals surface area contributed by atoms with Crippen molar-refractivity contribution < 1.29 is 14.4 Å².